The molecule has 3 heterocycles. The highest BCUT2D eigenvalue weighted by molar-refractivity contribution is 7.24. The van der Waals surface area contributed by atoms with Crippen LogP contribution in [-0.4, -0.2) is 6.29 Å². The fourth-order valence-corrected chi connectivity index (χ4v) is 10.2. The summed E-state index contributed by atoms with van der Waals surface area (Å²) in [6.45, 7) is 4.76. The lowest BCUT2D eigenvalue weighted by molar-refractivity contribution is 0.112. The van der Waals surface area contributed by atoms with Crippen LogP contribution in [0.3, 0.4) is 0 Å². The molecule has 0 spiro atoms. The SMILES string of the molecule is CC1(C)c2ccccc2-c2ccc(C3c4cc(-c5ccc(-c6ccc(C=O)s6)s5)cc5c4C(CCC5)N3c3ccccc3)cc21. The van der Waals surface area contributed by atoms with Gasteiger partial charge in [0.2, 0.25) is 0 Å². The van der Waals surface area contributed by atoms with Crippen LogP contribution in [0.1, 0.15) is 81.8 Å². The van der Waals surface area contributed by atoms with Crippen LogP contribution in [-0.2, 0) is 11.8 Å². The van der Waals surface area contributed by atoms with E-state index in [-0.39, 0.29) is 11.5 Å². The standard InChI is InChI=1S/C41H33NOS2/c1-41(2)33-13-7-6-12-30(33)31-17-15-26(23-34(31)41)40-32-22-27(36-19-20-38(45-36)37-18-16-29(24-43)44-37)21-25-9-8-14-35(39(25)32)42(40)28-10-4-3-5-11-28/h3-7,10-13,15-24,35,40H,8-9,14H2,1-2H3. The van der Waals surface area contributed by atoms with E-state index in [1.807, 2.05) is 17.4 Å². The van der Waals surface area contributed by atoms with Crippen molar-refractivity contribution in [1.29, 1.82) is 0 Å². The van der Waals surface area contributed by atoms with Gasteiger partial charge in [-0.15, -0.1) is 22.7 Å². The van der Waals surface area contributed by atoms with Crippen molar-refractivity contribution in [2.24, 2.45) is 0 Å². The Morgan fingerprint density at radius 3 is 2.36 bits per heavy atom. The maximum Gasteiger partial charge on any atom is 0.160 e. The van der Waals surface area contributed by atoms with E-state index in [0.717, 1.165) is 22.5 Å². The minimum atomic E-state index is -0.0415. The molecule has 2 aliphatic carbocycles. The first-order valence-corrected chi connectivity index (χ1v) is 17.5. The lowest BCUT2D eigenvalue weighted by atomic mass is 9.81. The van der Waals surface area contributed by atoms with Crippen LogP contribution in [0.4, 0.5) is 5.69 Å². The summed E-state index contributed by atoms with van der Waals surface area (Å²) >= 11 is 3.40. The van der Waals surface area contributed by atoms with Crippen LogP contribution in [0.25, 0.3) is 31.3 Å². The third kappa shape index (κ3) is 4.09. The van der Waals surface area contributed by atoms with E-state index in [1.54, 1.807) is 16.9 Å². The molecule has 0 fully saturated rings. The molecule has 2 unspecified atom stereocenters. The molecule has 220 valence electrons. The Morgan fingerprint density at radius 2 is 1.51 bits per heavy atom. The number of hydrogen-bond acceptors (Lipinski definition) is 4. The summed E-state index contributed by atoms with van der Waals surface area (Å²) in [7, 11) is 0. The molecule has 0 N–H and O–H groups in total. The summed E-state index contributed by atoms with van der Waals surface area (Å²) in [4.78, 5) is 18.5. The van der Waals surface area contributed by atoms with Crippen LogP contribution >= 0.6 is 22.7 Å². The molecule has 3 aliphatic rings. The predicted molar refractivity (Wildman–Crippen MR) is 189 cm³/mol. The quantitative estimate of drug-likeness (QED) is 0.179. The first-order chi connectivity index (χ1) is 22.0. The molecule has 45 heavy (non-hydrogen) atoms. The number of fused-ring (bicyclic) bond motifs is 3. The van der Waals surface area contributed by atoms with E-state index in [9.17, 15) is 4.79 Å². The Hall–Kier alpha value is -4.25. The van der Waals surface area contributed by atoms with Crippen molar-refractivity contribution in [3.8, 4) is 31.3 Å². The molecule has 0 saturated carbocycles. The van der Waals surface area contributed by atoms with Gasteiger partial charge in [-0.2, -0.15) is 0 Å². The molecule has 1 aliphatic heterocycles. The second kappa shape index (κ2) is 10.1. The van der Waals surface area contributed by atoms with E-state index < -0.39 is 0 Å². The Kier molecular flexibility index (Phi) is 6.10. The number of carbonyl (C=O) groups is 1. The third-order valence-electron chi connectivity index (χ3n) is 10.3. The van der Waals surface area contributed by atoms with Crippen LogP contribution in [0.15, 0.2) is 109 Å². The van der Waals surface area contributed by atoms with E-state index in [4.69, 9.17) is 0 Å². The van der Waals surface area contributed by atoms with Crippen LogP contribution < -0.4 is 4.90 Å². The average molecular weight is 620 g/mol. The van der Waals surface area contributed by atoms with Gasteiger partial charge in [0.1, 0.15) is 0 Å². The van der Waals surface area contributed by atoms with E-state index in [2.05, 4.69) is 122 Å². The van der Waals surface area contributed by atoms with Crippen molar-refractivity contribution in [2.45, 2.75) is 50.6 Å². The summed E-state index contributed by atoms with van der Waals surface area (Å²) < 4.78 is 0. The molecular weight excluding hydrogens is 587 g/mol. The molecule has 0 bridgehead atoms. The van der Waals surface area contributed by atoms with Gasteiger partial charge in [-0.25, -0.2) is 0 Å². The van der Waals surface area contributed by atoms with E-state index in [0.29, 0.717) is 6.04 Å². The number of nitrogens with zero attached hydrogens (tertiary/aromatic N) is 1. The minimum Gasteiger partial charge on any atom is -0.353 e. The van der Waals surface area contributed by atoms with Gasteiger partial charge < -0.3 is 4.90 Å². The first kappa shape index (κ1) is 27.1. The Bertz CT molecular complexity index is 2120. The Balaban J connectivity index is 1.22. The summed E-state index contributed by atoms with van der Waals surface area (Å²) in [5.41, 5.74) is 14.0. The predicted octanol–water partition coefficient (Wildman–Crippen LogP) is 11.2. The van der Waals surface area contributed by atoms with Gasteiger partial charge in [-0.3, -0.25) is 4.79 Å². The number of aryl methyl sites for hydroxylation is 1. The second-order valence-electron chi connectivity index (χ2n) is 13.2. The molecule has 2 nitrogen and oxygen atoms in total. The lowest BCUT2D eigenvalue weighted by Crippen LogP contribution is -2.28. The smallest absolute Gasteiger partial charge is 0.160 e. The third-order valence-corrected chi connectivity index (χ3v) is 12.7. The van der Waals surface area contributed by atoms with Crippen LogP contribution in [0.2, 0.25) is 0 Å². The number of aldehydes is 1. The monoisotopic (exact) mass is 619 g/mol. The summed E-state index contributed by atoms with van der Waals surface area (Å²) in [5, 5.41) is 0. The Labute approximate surface area is 272 Å². The van der Waals surface area contributed by atoms with E-state index in [1.165, 1.54) is 72.8 Å². The topological polar surface area (TPSA) is 20.3 Å². The highest BCUT2D eigenvalue weighted by atomic mass is 32.1. The number of carbonyl (C=O) groups excluding carboxylic acids is 1. The lowest BCUT2D eigenvalue weighted by Gasteiger charge is -2.35. The summed E-state index contributed by atoms with van der Waals surface area (Å²) in [6.07, 6.45) is 4.44. The van der Waals surface area contributed by atoms with Crippen molar-refractivity contribution in [3.63, 3.8) is 0 Å². The van der Waals surface area contributed by atoms with Crippen LogP contribution in [0.5, 0.6) is 0 Å². The number of benzene rings is 4. The first-order valence-electron chi connectivity index (χ1n) is 15.9. The number of thiophene rings is 2. The molecule has 2 aromatic heterocycles. The van der Waals surface area contributed by atoms with Crippen molar-refractivity contribution >= 4 is 34.6 Å². The van der Waals surface area contributed by atoms with E-state index >= 15 is 0 Å². The van der Waals surface area contributed by atoms with Crippen LogP contribution in [0, 0.1) is 0 Å². The maximum absolute atomic E-state index is 11.3. The van der Waals surface area contributed by atoms with Gasteiger partial charge in [0, 0.05) is 25.7 Å². The number of hydrogen-bond donors (Lipinski definition) is 0. The second-order valence-corrected chi connectivity index (χ2v) is 15.4. The van der Waals surface area contributed by atoms with Gasteiger partial charge in [-0.1, -0.05) is 74.5 Å². The van der Waals surface area contributed by atoms with Gasteiger partial charge in [0.05, 0.1) is 17.0 Å². The maximum atomic E-state index is 11.3. The Morgan fingerprint density at radius 1 is 0.756 bits per heavy atom. The van der Waals surface area contributed by atoms with Crippen molar-refractivity contribution in [3.05, 3.63) is 147 Å². The number of anilines is 1. The van der Waals surface area contributed by atoms with Gasteiger partial charge in [0.15, 0.2) is 6.29 Å². The summed E-state index contributed by atoms with van der Waals surface area (Å²) in [5.74, 6) is 0. The molecule has 0 amide bonds. The molecule has 6 aromatic rings. The highest BCUT2D eigenvalue weighted by Crippen LogP contribution is 2.56. The highest BCUT2D eigenvalue weighted by Gasteiger charge is 2.44. The average Bonchev–Trinajstić information content (AvgIpc) is 3.86. The molecule has 4 aromatic carbocycles. The zero-order chi connectivity index (χ0) is 30.3. The minimum absolute atomic E-state index is 0.0415. The van der Waals surface area contributed by atoms with Crippen molar-refractivity contribution in [2.75, 3.05) is 4.90 Å². The molecule has 0 saturated heterocycles. The van der Waals surface area contributed by atoms with Gasteiger partial charge in [-0.05, 0) is 118 Å². The molecular formula is C41H33NOS2. The van der Waals surface area contributed by atoms with Crippen molar-refractivity contribution < 1.29 is 4.79 Å². The summed E-state index contributed by atoms with van der Waals surface area (Å²) in [6, 6.07) is 41.3. The molecule has 0 radical (unpaired) electrons. The normalized spacial score (nSPS) is 18.8. The fourth-order valence-electron chi connectivity index (χ4n) is 8.29. The molecule has 9 rings (SSSR count). The van der Waals surface area contributed by atoms with Gasteiger partial charge >= 0.3 is 0 Å². The molecule has 4 heteroatoms. The zero-order valence-corrected chi connectivity index (χ0v) is 27.1. The van der Waals surface area contributed by atoms with Crippen molar-refractivity contribution in [1.82, 2.24) is 0 Å². The molecule has 2 atom stereocenters. The fraction of sp³-hybridized carbons (Fsp3) is 0.195. The number of rotatable bonds is 5. The number of para-hydroxylation sites is 1. The van der Waals surface area contributed by atoms with Gasteiger partial charge in [0.25, 0.3) is 0 Å². The largest absolute Gasteiger partial charge is 0.353 e. The zero-order valence-electron chi connectivity index (χ0n) is 25.4.